The number of carbonyl (C=O) groups is 1. The molecule has 0 aromatic carbocycles. The molecule has 1 unspecified atom stereocenters. The smallest absolute Gasteiger partial charge is 0.221 e. The molecule has 1 aliphatic carbocycles. The minimum Gasteiger partial charge on any atom is -0.379 e. The van der Waals surface area contributed by atoms with Crippen molar-refractivity contribution in [3.63, 3.8) is 0 Å². The van der Waals surface area contributed by atoms with Gasteiger partial charge in [0.25, 0.3) is 0 Å². The van der Waals surface area contributed by atoms with E-state index in [0.717, 1.165) is 25.9 Å². The van der Waals surface area contributed by atoms with Gasteiger partial charge in [-0.15, -0.1) is 0 Å². The summed E-state index contributed by atoms with van der Waals surface area (Å²) in [6.45, 7) is 4.06. The zero-order valence-electron chi connectivity index (χ0n) is 10.1. The predicted octanol–water partition coefficient (Wildman–Crippen LogP) is 0.801. The summed E-state index contributed by atoms with van der Waals surface area (Å²) in [5.41, 5.74) is 5.69. The molecule has 1 atom stereocenters. The lowest BCUT2D eigenvalue weighted by Crippen LogP contribution is -2.49. The summed E-state index contributed by atoms with van der Waals surface area (Å²) in [6.07, 6.45) is 4.91. The van der Waals surface area contributed by atoms with Crippen LogP contribution in [0.2, 0.25) is 0 Å². The first-order valence-corrected chi connectivity index (χ1v) is 6.16. The van der Waals surface area contributed by atoms with E-state index in [0.29, 0.717) is 19.6 Å². The third kappa shape index (κ3) is 2.38. The molecule has 1 saturated heterocycles. The molecule has 16 heavy (non-hydrogen) atoms. The highest BCUT2D eigenvalue weighted by molar-refractivity contribution is 5.77. The van der Waals surface area contributed by atoms with Gasteiger partial charge in [-0.2, -0.15) is 0 Å². The van der Waals surface area contributed by atoms with Crippen molar-refractivity contribution in [3.8, 4) is 0 Å². The fourth-order valence-electron chi connectivity index (χ4n) is 2.62. The molecule has 2 aliphatic rings. The maximum absolute atomic E-state index is 11.9. The number of rotatable bonds is 4. The Morgan fingerprint density at radius 2 is 2.19 bits per heavy atom. The number of nitrogens with one attached hydrogen (secondary N) is 1. The highest BCUT2D eigenvalue weighted by Crippen LogP contribution is 2.42. The van der Waals surface area contributed by atoms with Gasteiger partial charge in [-0.1, -0.05) is 6.42 Å². The highest BCUT2D eigenvalue weighted by atomic mass is 16.5. The summed E-state index contributed by atoms with van der Waals surface area (Å²) in [7, 11) is 0. The topological polar surface area (TPSA) is 64.4 Å². The second-order valence-electron chi connectivity index (χ2n) is 5.65. The molecule has 3 N–H and O–H groups in total. The average Bonchev–Trinajstić information content (AvgIpc) is 2.58. The Balaban J connectivity index is 1.84. The van der Waals surface area contributed by atoms with Gasteiger partial charge in [-0.05, 0) is 38.1 Å². The molecule has 0 bridgehead atoms. The highest BCUT2D eigenvalue weighted by Gasteiger charge is 2.39. The third-order valence-electron chi connectivity index (χ3n) is 4.04. The number of amides is 1. The molecule has 1 saturated carbocycles. The minimum atomic E-state index is -0.156. The number of carbonyl (C=O) groups excluding carboxylic acids is 1. The fraction of sp³-hybridized carbons (Fsp3) is 0.917. The molecule has 1 heterocycles. The molecule has 1 amide bonds. The van der Waals surface area contributed by atoms with Crippen molar-refractivity contribution in [2.75, 3.05) is 19.8 Å². The molecule has 0 aromatic heterocycles. The molecule has 4 heteroatoms. The molecule has 1 aliphatic heterocycles. The van der Waals surface area contributed by atoms with Gasteiger partial charge in [0.05, 0.1) is 12.1 Å². The fourth-order valence-corrected chi connectivity index (χ4v) is 2.62. The van der Waals surface area contributed by atoms with Crippen LogP contribution < -0.4 is 11.1 Å². The Labute approximate surface area is 96.9 Å². The Morgan fingerprint density at radius 1 is 1.44 bits per heavy atom. The molecule has 2 fully saturated rings. The average molecular weight is 226 g/mol. The van der Waals surface area contributed by atoms with Crippen molar-refractivity contribution in [2.24, 2.45) is 11.1 Å². The lowest BCUT2D eigenvalue weighted by molar-refractivity contribution is -0.126. The zero-order valence-corrected chi connectivity index (χ0v) is 10.1. The first kappa shape index (κ1) is 11.9. The van der Waals surface area contributed by atoms with E-state index in [4.69, 9.17) is 10.5 Å². The van der Waals surface area contributed by atoms with Crippen molar-refractivity contribution in [1.82, 2.24) is 5.32 Å². The van der Waals surface area contributed by atoms with E-state index in [1.54, 1.807) is 0 Å². The Kier molecular flexibility index (Phi) is 3.22. The SMILES string of the molecule is CC1(NC(=O)CC2(CN)CCC2)CCOC1. The number of hydrogen-bond donors (Lipinski definition) is 2. The maximum Gasteiger partial charge on any atom is 0.221 e. The minimum absolute atomic E-state index is 0.0971. The first-order valence-electron chi connectivity index (χ1n) is 6.16. The molecule has 0 aromatic rings. The van der Waals surface area contributed by atoms with Crippen molar-refractivity contribution < 1.29 is 9.53 Å². The maximum atomic E-state index is 11.9. The molecule has 2 rings (SSSR count). The Hall–Kier alpha value is -0.610. The first-order chi connectivity index (χ1) is 7.58. The van der Waals surface area contributed by atoms with E-state index in [1.807, 2.05) is 6.92 Å². The normalized spacial score (nSPS) is 32.1. The molecule has 4 nitrogen and oxygen atoms in total. The standard InChI is InChI=1S/C12H22N2O2/c1-11(5-6-16-9-11)14-10(15)7-12(8-13)3-2-4-12/h2-9,13H2,1H3,(H,14,15). The van der Waals surface area contributed by atoms with Crippen LogP contribution in [0.4, 0.5) is 0 Å². The number of hydrogen-bond acceptors (Lipinski definition) is 3. The van der Waals surface area contributed by atoms with Crippen LogP contribution >= 0.6 is 0 Å². The van der Waals surface area contributed by atoms with Gasteiger partial charge in [-0.25, -0.2) is 0 Å². The second-order valence-corrected chi connectivity index (χ2v) is 5.65. The molecule has 0 spiro atoms. The molecular formula is C12H22N2O2. The van der Waals surface area contributed by atoms with Crippen LogP contribution in [-0.4, -0.2) is 31.2 Å². The summed E-state index contributed by atoms with van der Waals surface area (Å²) in [5, 5.41) is 3.09. The van der Waals surface area contributed by atoms with Crippen molar-refractivity contribution in [1.29, 1.82) is 0 Å². The van der Waals surface area contributed by atoms with Crippen molar-refractivity contribution in [3.05, 3.63) is 0 Å². The van der Waals surface area contributed by atoms with Gasteiger partial charge < -0.3 is 15.8 Å². The largest absolute Gasteiger partial charge is 0.379 e. The van der Waals surface area contributed by atoms with Gasteiger partial charge in [0, 0.05) is 13.0 Å². The van der Waals surface area contributed by atoms with Crippen LogP contribution in [0.25, 0.3) is 0 Å². The predicted molar refractivity (Wildman–Crippen MR) is 61.9 cm³/mol. The van der Waals surface area contributed by atoms with Gasteiger partial charge >= 0.3 is 0 Å². The van der Waals surface area contributed by atoms with Crippen LogP contribution in [0.3, 0.4) is 0 Å². The van der Waals surface area contributed by atoms with Crippen molar-refractivity contribution in [2.45, 2.75) is 44.6 Å². The molecule has 0 radical (unpaired) electrons. The van der Waals surface area contributed by atoms with Crippen LogP contribution in [0.5, 0.6) is 0 Å². The monoisotopic (exact) mass is 226 g/mol. The van der Waals surface area contributed by atoms with Gasteiger partial charge in [0.15, 0.2) is 0 Å². The van der Waals surface area contributed by atoms with Crippen LogP contribution in [0, 0.1) is 5.41 Å². The third-order valence-corrected chi connectivity index (χ3v) is 4.04. The van der Waals surface area contributed by atoms with Crippen LogP contribution in [0.1, 0.15) is 39.0 Å². The van der Waals surface area contributed by atoms with Crippen molar-refractivity contribution >= 4 is 5.91 Å². The molecule has 92 valence electrons. The van der Waals surface area contributed by atoms with Gasteiger partial charge in [0.1, 0.15) is 0 Å². The van der Waals surface area contributed by atoms with E-state index < -0.39 is 0 Å². The summed E-state index contributed by atoms with van der Waals surface area (Å²) >= 11 is 0. The lowest BCUT2D eigenvalue weighted by atomic mass is 9.66. The van der Waals surface area contributed by atoms with Gasteiger partial charge in [0.2, 0.25) is 5.91 Å². The Bertz CT molecular complexity index is 257. The van der Waals surface area contributed by atoms with E-state index in [-0.39, 0.29) is 16.9 Å². The quantitative estimate of drug-likeness (QED) is 0.745. The zero-order chi connectivity index (χ0) is 11.6. The number of ether oxygens (including phenoxy) is 1. The van der Waals surface area contributed by atoms with E-state index in [9.17, 15) is 4.79 Å². The van der Waals surface area contributed by atoms with Crippen LogP contribution in [0.15, 0.2) is 0 Å². The second kappa shape index (κ2) is 4.34. The Morgan fingerprint density at radius 3 is 2.62 bits per heavy atom. The summed E-state index contributed by atoms with van der Waals surface area (Å²) in [4.78, 5) is 11.9. The lowest BCUT2D eigenvalue weighted by Gasteiger charge is -2.41. The van der Waals surface area contributed by atoms with E-state index in [1.165, 1.54) is 6.42 Å². The molecular weight excluding hydrogens is 204 g/mol. The van der Waals surface area contributed by atoms with E-state index in [2.05, 4.69) is 5.32 Å². The van der Waals surface area contributed by atoms with Gasteiger partial charge in [-0.3, -0.25) is 4.79 Å². The van der Waals surface area contributed by atoms with Crippen LogP contribution in [-0.2, 0) is 9.53 Å². The van der Waals surface area contributed by atoms with E-state index >= 15 is 0 Å². The summed E-state index contributed by atoms with van der Waals surface area (Å²) < 4.78 is 5.32. The number of nitrogens with two attached hydrogens (primary N) is 1. The summed E-state index contributed by atoms with van der Waals surface area (Å²) in [6, 6.07) is 0. The summed E-state index contributed by atoms with van der Waals surface area (Å²) in [5.74, 6) is 0.137.